The van der Waals surface area contributed by atoms with Gasteiger partial charge >= 0.3 is 0 Å². The lowest BCUT2D eigenvalue weighted by Gasteiger charge is -2.27. The lowest BCUT2D eigenvalue weighted by molar-refractivity contribution is 0.0672. The highest BCUT2D eigenvalue weighted by Gasteiger charge is 2.22. The van der Waals surface area contributed by atoms with Gasteiger partial charge in [0.1, 0.15) is 5.60 Å². The number of thiophene rings is 1. The van der Waals surface area contributed by atoms with E-state index in [1.165, 1.54) is 10.4 Å². The molecule has 1 aromatic carbocycles. The first kappa shape index (κ1) is 23.1. The van der Waals surface area contributed by atoms with Crippen molar-refractivity contribution < 1.29 is 5.11 Å². The minimum absolute atomic E-state index is 0. The molecule has 1 aromatic heterocycles. The maximum absolute atomic E-state index is 10.7. The highest BCUT2D eigenvalue weighted by Crippen LogP contribution is 2.23. The van der Waals surface area contributed by atoms with Crippen LogP contribution in [0.3, 0.4) is 0 Å². The van der Waals surface area contributed by atoms with Gasteiger partial charge in [-0.05, 0) is 42.8 Å². The first-order chi connectivity index (χ1) is 13.1. The van der Waals surface area contributed by atoms with Crippen LogP contribution in [0.2, 0.25) is 0 Å². The van der Waals surface area contributed by atoms with Gasteiger partial charge in [-0.1, -0.05) is 30.3 Å². The van der Waals surface area contributed by atoms with E-state index >= 15 is 0 Å². The number of rotatable bonds is 7. The molecule has 3 rings (SSSR count). The Bertz CT molecular complexity index is 748. The molecule has 0 spiro atoms. The van der Waals surface area contributed by atoms with Crippen LogP contribution in [0.15, 0.2) is 46.8 Å². The summed E-state index contributed by atoms with van der Waals surface area (Å²) in [7, 11) is 0. The molecular formula is C21H31IN4OS. The lowest BCUT2D eigenvalue weighted by Crippen LogP contribution is -2.43. The summed E-state index contributed by atoms with van der Waals surface area (Å²) in [6.07, 6.45) is 1.15. The zero-order valence-corrected chi connectivity index (χ0v) is 19.8. The van der Waals surface area contributed by atoms with Crippen molar-refractivity contribution in [2.24, 2.45) is 4.99 Å². The number of aliphatic imine (C=N–C) groups is 1. The highest BCUT2D eigenvalue weighted by molar-refractivity contribution is 14.0. The van der Waals surface area contributed by atoms with Gasteiger partial charge in [0, 0.05) is 37.6 Å². The summed E-state index contributed by atoms with van der Waals surface area (Å²) in [6.45, 7) is 8.93. The molecule has 2 aromatic rings. The van der Waals surface area contributed by atoms with Gasteiger partial charge in [-0.25, -0.2) is 4.99 Å². The largest absolute Gasteiger partial charge is 0.384 e. The van der Waals surface area contributed by atoms with Crippen molar-refractivity contribution in [2.75, 3.05) is 32.7 Å². The van der Waals surface area contributed by atoms with Crippen LogP contribution >= 0.6 is 35.3 Å². The number of benzene rings is 1. The zero-order valence-electron chi connectivity index (χ0n) is 16.6. The van der Waals surface area contributed by atoms with Gasteiger partial charge in [0.25, 0.3) is 0 Å². The van der Waals surface area contributed by atoms with E-state index < -0.39 is 5.60 Å². The van der Waals surface area contributed by atoms with Crippen LogP contribution < -0.4 is 10.6 Å². The number of fused-ring (bicyclic) bond motifs is 1. The van der Waals surface area contributed by atoms with E-state index in [1.807, 2.05) is 48.6 Å². The number of nitrogens with zero attached hydrogens (tertiary/aromatic N) is 2. The van der Waals surface area contributed by atoms with Crippen LogP contribution in [0.4, 0.5) is 0 Å². The Balaban J connectivity index is 0.00000280. The maximum Gasteiger partial charge on any atom is 0.191 e. The first-order valence-electron chi connectivity index (χ1n) is 9.66. The van der Waals surface area contributed by atoms with Crippen LogP contribution in [0.5, 0.6) is 0 Å². The Morgan fingerprint density at radius 3 is 2.79 bits per heavy atom. The normalized spacial score (nSPS) is 16.6. The van der Waals surface area contributed by atoms with E-state index in [0.717, 1.165) is 50.7 Å². The summed E-state index contributed by atoms with van der Waals surface area (Å²) in [5.74, 6) is 0.752. The SMILES string of the molecule is CCNC(=NCC(C)(O)c1ccccc1)NCCN1CCc2sccc2C1.I. The van der Waals surface area contributed by atoms with E-state index in [0.29, 0.717) is 6.54 Å². The Morgan fingerprint density at radius 1 is 1.25 bits per heavy atom. The molecule has 0 saturated heterocycles. The third kappa shape index (κ3) is 6.43. The lowest BCUT2D eigenvalue weighted by atomic mass is 9.96. The standard InChI is InChI=1S/C21H30N4OS.HI/c1-3-22-20(24-16-21(2,26)18-7-5-4-6-8-18)23-11-13-25-12-9-19-17(15-25)10-14-27-19;/h4-8,10,14,26H,3,9,11-13,15-16H2,1-2H3,(H2,22,23,24);1H. The molecule has 0 amide bonds. The van der Waals surface area contributed by atoms with E-state index in [2.05, 4.69) is 38.9 Å². The van der Waals surface area contributed by atoms with Gasteiger partial charge in [-0.3, -0.25) is 4.90 Å². The summed E-state index contributed by atoms with van der Waals surface area (Å²) >= 11 is 1.87. The van der Waals surface area contributed by atoms with Gasteiger partial charge in [-0.2, -0.15) is 0 Å². The van der Waals surface area contributed by atoms with Crippen molar-refractivity contribution in [3.63, 3.8) is 0 Å². The summed E-state index contributed by atoms with van der Waals surface area (Å²) in [5.41, 5.74) is 1.38. The minimum Gasteiger partial charge on any atom is -0.384 e. The second-order valence-electron chi connectivity index (χ2n) is 7.16. The molecule has 1 aliphatic heterocycles. The van der Waals surface area contributed by atoms with E-state index in [1.54, 1.807) is 0 Å². The molecule has 3 N–H and O–H groups in total. The molecule has 0 fully saturated rings. The second kappa shape index (κ2) is 11.1. The minimum atomic E-state index is -0.980. The molecule has 7 heteroatoms. The van der Waals surface area contributed by atoms with Crippen molar-refractivity contribution in [3.05, 3.63) is 57.8 Å². The molecule has 0 aliphatic carbocycles. The predicted octanol–water partition coefficient (Wildman–Crippen LogP) is 3.19. The fraction of sp³-hybridized carbons (Fsp3) is 0.476. The summed E-state index contributed by atoms with van der Waals surface area (Å²) in [6, 6.07) is 11.9. The summed E-state index contributed by atoms with van der Waals surface area (Å²) < 4.78 is 0. The molecule has 1 atom stereocenters. The fourth-order valence-electron chi connectivity index (χ4n) is 3.29. The van der Waals surface area contributed by atoms with E-state index in [-0.39, 0.29) is 24.0 Å². The number of hydrogen-bond donors (Lipinski definition) is 3. The molecule has 154 valence electrons. The van der Waals surface area contributed by atoms with Gasteiger partial charge < -0.3 is 15.7 Å². The second-order valence-corrected chi connectivity index (χ2v) is 8.16. The van der Waals surface area contributed by atoms with Crippen molar-refractivity contribution in [1.82, 2.24) is 15.5 Å². The third-order valence-corrected chi connectivity index (χ3v) is 5.92. The Hall–Kier alpha value is -1.16. The number of hydrogen-bond acceptors (Lipinski definition) is 4. The Kier molecular flexibility index (Phi) is 9.20. The van der Waals surface area contributed by atoms with Crippen LogP contribution in [0, 0.1) is 0 Å². The molecule has 5 nitrogen and oxygen atoms in total. The maximum atomic E-state index is 10.7. The molecule has 0 radical (unpaired) electrons. The van der Waals surface area contributed by atoms with E-state index in [4.69, 9.17) is 0 Å². The van der Waals surface area contributed by atoms with Crippen LogP contribution in [0.25, 0.3) is 0 Å². The molecule has 0 bridgehead atoms. The topological polar surface area (TPSA) is 59.9 Å². The third-order valence-electron chi connectivity index (χ3n) is 4.89. The molecule has 0 saturated carbocycles. The predicted molar refractivity (Wildman–Crippen MR) is 129 cm³/mol. The molecule has 1 unspecified atom stereocenters. The van der Waals surface area contributed by atoms with Crippen LogP contribution in [-0.4, -0.2) is 48.7 Å². The van der Waals surface area contributed by atoms with E-state index in [9.17, 15) is 5.11 Å². The van der Waals surface area contributed by atoms with Gasteiger partial charge in [-0.15, -0.1) is 35.3 Å². The average Bonchev–Trinajstić information content (AvgIpc) is 3.15. The Labute approximate surface area is 189 Å². The van der Waals surface area contributed by atoms with Crippen LogP contribution in [-0.2, 0) is 18.6 Å². The molecule has 1 aliphatic rings. The number of nitrogens with one attached hydrogen (secondary N) is 2. The monoisotopic (exact) mass is 514 g/mol. The van der Waals surface area contributed by atoms with Crippen molar-refractivity contribution in [3.8, 4) is 0 Å². The van der Waals surface area contributed by atoms with Gasteiger partial charge in [0.15, 0.2) is 5.96 Å². The average molecular weight is 514 g/mol. The highest BCUT2D eigenvalue weighted by atomic mass is 127. The summed E-state index contributed by atoms with van der Waals surface area (Å²) in [4.78, 5) is 8.62. The quantitative estimate of drug-likeness (QED) is 0.302. The first-order valence-corrected chi connectivity index (χ1v) is 10.5. The van der Waals surface area contributed by atoms with Crippen molar-refractivity contribution >= 4 is 41.3 Å². The van der Waals surface area contributed by atoms with Crippen molar-refractivity contribution in [2.45, 2.75) is 32.4 Å². The molecule has 28 heavy (non-hydrogen) atoms. The number of halogens is 1. The van der Waals surface area contributed by atoms with Gasteiger partial charge in [0.05, 0.1) is 6.54 Å². The Morgan fingerprint density at radius 2 is 2.04 bits per heavy atom. The zero-order chi connectivity index (χ0) is 19.1. The number of aliphatic hydroxyl groups is 1. The van der Waals surface area contributed by atoms with Crippen molar-refractivity contribution in [1.29, 1.82) is 0 Å². The fourth-order valence-corrected chi connectivity index (χ4v) is 4.18. The molecule has 2 heterocycles. The van der Waals surface area contributed by atoms with Crippen LogP contribution in [0.1, 0.15) is 29.9 Å². The smallest absolute Gasteiger partial charge is 0.191 e. The molecular weight excluding hydrogens is 483 g/mol. The number of guanidine groups is 1. The summed E-state index contributed by atoms with van der Waals surface area (Å²) in [5, 5.41) is 19.6. The van der Waals surface area contributed by atoms with Gasteiger partial charge in [0.2, 0.25) is 0 Å².